The van der Waals surface area contributed by atoms with Gasteiger partial charge in [-0.15, -0.1) is 0 Å². The van der Waals surface area contributed by atoms with E-state index in [0.29, 0.717) is 30.8 Å². The summed E-state index contributed by atoms with van der Waals surface area (Å²) in [5, 5.41) is 2.99. The number of nitrogens with zero attached hydrogens (tertiary/aromatic N) is 2. The van der Waals surface area contributed by atoms with Gasteiger partial charge >= 0.3 is 0 Å². The summed E-state index contributed by atoms with van der Waals surface area (Å²) in [5.41, 5.74) is 1.58. The van der Waals surface area contributed by atoms with Gasteiger partial charge in [0.2, 0.25) is 17.7 Å². The quantitative estimate of drug-likeness (QED) is 0.775. The minimum atomic E-state index is -0.964. The second kappa shape index (κ2) is 6.08. The molecule has 3 fully saturated rings. The molecular formula is C22H25N3O4. The van der Waals surface area contributed by atoms with Gasteiger partial charge in [-0.1, -0.05) is 17.7 Å². The Morgan fingerprint density at radius 2 is 2.00 bits per heavy atom. The molecule has 0 saturated carbocycles. The highest BCUT2D eigenvalue weighted by atomic mass is 16.5. The van der Waals surface area contributed by atoms with Crippen LogP contribution in [0, 0.1) is 0 Å². The Bertz CT molecular complexity index is 967. The lowest BCUT2D eigenvalue weighted by Gasteiger charge is -2.41. The molecule has 7 heteroatoms. The molecule has 1 aromatic rings. The lowest BCUT2D eigenvalue weighted by molar-refractivity contribution is -0.158. The van der Waals surface area contributed by atoms with Gasteiger partial charge in [0.25, 0.3) is 0 Å². The van der Waals surface area contributed by atoms with Gasteiger partial charge in [-0.3, -0.25) is 14.4 Å². The number of amides is 3. The fourth-order valence-electron chi connectivity index (χ4n) is 5.64. The summed E-state index contributed by atoms with van der Waals surface area (Å²) in [5.74, 6) is 0.453. The van der Waals surface area contributed by atoms with Gasteiger partial charge in [0, 0.05) is 18.3 Å². The first-order chi connectivity index (χ1) is 13.9. The highest BCUT2D eigenvalue weighted by Crippen LogP contribution is 2.53. The number of nitrogens with one attached hydrogen (secondary N) is 1. The number of carbonyl (C=O) groups excluding carboxylic acids is 3. The number of rotatable bonds is 2. The maximum atomic E-state index is 13.4. The lowest BCUT2D eigenvalue weighted by Crippen LogP contribution is -2.62. The van der Waals surface area contributed by atoms with Crippen molar-refractivity contribution < 1.29 is 19.1 Å². The Kier molecular flexibility index (Phi) is 3.82. The van der Waals surface area contributed by atoms with Crippen LogP contribution in [-0.2, 0) is 19.8 Å². The molecule has 5 rings (SSSR count). The summed E-state index contributed by atoms with van der Waals surface area (Å²) >= 11 is 0. The number of benzene rings is 1. The fraction of sp³-hybridized carbons (Fsp3) is 0.500. The zero-order valence-corrected chi connectivity index (χ0v) is 16.9. The summed E-state index contributed by atoms with van der Waals surface area (Å²) in [6.07, 6.45) is 3.84. The molecule has 4 atom stereocenters. The summed E-state index contributed by atoms with van der Waals surface area (Å²) in [6.45, 7) is 4.54. The molecule has 0 aromatic heterocycles. The number of methoxy groups -OCH3 is 1. The van der Waals surface area contributed by atoms with Crippen molar-refractivity contribution in [1.29, 1.82) is 0 Å². The topological polar surface area (TPSA) is 79.0 Å². The van der Waals surface area contributed by atoms with Gasteiger partial charge in [-0.2, -0.15) is 0 Å². The van der Waals surface area contributed by atoms with E-state index in [0.717, 1.165) is 17.6 Å². The molecule has 1 spiro atoms. The van der Waals surface area contributed by atoms with Gasteiger partial charge in [-0.25, -0.2) is 0 Å². The van der Waals surface area contributed by atoms with Gasteiger partial charge in [0.1, 0.15) is 23.2 Å². The van der Waals surface area contributed by atoms with E-state index in [-0.39, 0.29) is 23.8 Å². The Morgan fingerprint density at radius 1 is 1.21 bits per heavy atom. The molecule has 0 radical (unpaired) electrons. The largest absolute Gasteiger partial charge is 0.497 e. The van der Waals surface area contributed by atoms with Crippen LogP contribution >= 0.6 is 0 Å². The summed E-state index contributed by atoms with van der Waals surface area (Å²) in [4.78, 5) is 43.6. The Labute approximate surface area is 169 Å². The van der Waals surface area contributed by atoms with Crippen molar-refractivity contribution in [2.75, 3.05) is 19.0 Å². The van der Waals surface area contributed by atoms with Gasteiger partial charge in [-0.05, 0) is 44.7 Å². The van der Waals surface area contributed by atoms with E-state index >= 15 is 0 Å². The maximum Gasteiger partial charge on any atom is 0.246 e. The third-order valence-electron chi connectivity index (χ3n) is 6.87. The van der Waals surface area contributed by atoms with Gasteiger partial charge < -0.3 is 19.9 Å². The average Bonchev–Trinajstić information content (AvgIpc) is 3.36. The van der Waals surface area contributed by atoms with Gasteiger partial charge in [0.15, 0.2) is 0 Å². The molecule has 3 saturated heterocycles. The van der Waals surface area contributed by atoms with E-state index in [1.54, 1.807) is 23.0 Å². The van der Waals surface area contributed by atoms with E-state index in [9.17, 15) is 14.4 Å². The standard InChI is InChI=1S/C22H25N3O4/c1-12(2)9-18-22(14-7-6-13(29-3)10-15(14)23-21(22)28)11-17-19(26)24-8-4-5-16(24)20(27)25(17)18/h6-7,9-10,16-18H,4-5,8,11H2,1-3H3,(H,23,28)/t16-,17-,18-,22?/m0/s1. The minimum Gasteiger partial charge on any atom is -0.497 e. The van der Waals surface area contributed by atoms with Crippen molar-refractivity contribution >= 4 is 23.4 Å². The van der Waals surface area contributed by atoms with E-state index in [4.69, 9.17) is 4.74 Å². The highest BCUT2D eigenvalue weighted by Gasteiger charge is 2.66. The molecule has 0 aliphatic carbocycles. The number of hydrogen-bond acceptors (Lipinski definition) is 4. The van der Waals surface area contributed by atoms with E-state index in [2.05, 4.69) is 5.32 Å². The molecule has 3 amide bonds. The molecule has 29 heavy (non-hydrogen) atoms. The number of carbonyl (C=O) groups is 3. The SMILES string of the molecule is COc1ccc2c(c1)NC(=O)C21C[C@H]2C(=O)N3CCC[C@H]3C(=O)N2[C@H]1C=C(C)C. The molecule has 152 valence electrons. The molecule has 4 aliphatic heterocycles. The average molecular weight is 395 g/mol. The van der Waals surface area contributed by atoms with Crippen molar-refractivity contribution in [3.63, 3.8) is 0 Å². The number of hydrogen-bond donors (Lipinski definition) is 1. The number of piperazine rings is 1. The van der Waals surface area contributed by atoms with Crippen LogP contribution in [0.25, 0.3) is 0 Å². The highest BCUT2D eigenvalue weighted by molar-refractivity contribution is 6.10. The third kappa shape index (κ3) is 2.27. The summed E-state index contributed by atoms with van der Waals surface area (Å²) in [7, 11) is 1.58. The molecule has 1 aromatic carbocycles. The first-order valence-corrected chi connectivity index (χ1v) is 10.2. The van der Waals surface area contributed by atoms with Crippen LogP contribution in [0.4, 0.5) is 5.69 Å². The van der Waals surface area contributed by atoms with Crippen molar-refractivity contribution in [3.05, 3.63) is 35.4 Å². The second-order valence-corrected chi connectivity index (χ2v) is 8.68. The molecule has 7 nitrogen and oxygen atoms in total. The van der Waals surface area contributed by atoms with Crippen molar-refractivity contribution in [1.82, 2.24) is 9.80 Å². The van der Waals surface area contributed by atoms with Crippen molar-refractivity contribution in [2.45, 2.75) is 56.7 Å². The zero-order valence-electron chi connectivity index (χ0n) is 16.9. The number of fused-ring (bicyclic) bond motifs is 4. The van der Waals surface area contributed by atoms with Crippen LogP contribution in [0.2, 0.25) is 0 Å². The Hall–Kier alpha value is -2.83. The summed E-state index contributed by atoms with van der Waals surface area (Å²) in [6, 6.07) is 4.07. The molecule has 1 N–H and O–H groups in total. The van der Waals surface area contributed by atoms with Gasteiger partial charge in [0.05, 0.1) is 13.2 Å². The van der Waals surface area contributed by atoms with Crippen LogP contribution in [0.1, 0.15) is 38.7 Å². The summed E-state index contributed by atoms with van der Waals surface area (Å²) < 4.78 is 5.31. The zero-order chi connectivity index (χ0) is 20.5. The van der Waals surface area contributed by atoms with Crippen LogP contribution in [0.15, 0.2) is 29.8 Å². The normalized spacial score (nSPS) is 32.2. The Morgan fingerprint density at radius 3 is 2.72 bits per heavy atom. The van der Waals surface area contributed by atoms with Crippen LogP contribution in [0.3, 0.4) is 0 Å². The van der Waals surface area contributed by atoms with E-state index in [1.807, 2.05) is 32.1 Å². The third-order valence-corrected chi connectivity index (χ3v) is 6.87. The number of ether oxygens (including phenoxy) is 1. The molecule has 0 bridgehead atoms. The predicted octanol–water partition coefficient (Wildman–Crippen LogP) is 1.83. The second-order valence-electron chi connectivity index (χ2n) is 8.68. The molecule has 1 unspecified atom stereocenters. The molecule has 4 heterocycles. The van der Waals surface area contributed by atoms with Crippen LogP contribution < -0.4 is 10.1 Å². The minimum absolute atomic E-state index is 0.0223. The van der Waals surface area contributed by atoms with Crippen LogP contribution in [-0.4, -0.2) is 59.3 Å². The molecule has 4 aliphatic rings. The maximum absolute atomic E-state index is 13.4. The van der Waals surface area contributed by atoms with E-state index < -0.39 is 17.5 Å². The van der Waals surface area contributed by atoms with Crippen molar-refractivity contribution in [2.24, 2.45) is 0 Å². The lowest BCUT2D eigenvalue weighted by atomic mass is 9.73. The monoisotopic (exact) mass is 395 g/mol. The predicted molar refractivity (Wildman–Crippen MR) is 107 cm³/mol. The Balaban J connectivity index is 1.69. The molecular weight excluding hydrogens is 370 g/mol. The van der Waals surface area contributed by atoms with Crippen molar-refractivity contribution in [3.8, 4) is 5.75 Å². The first kappa shape index (κ1) is 18.2. The number of allylic oxidation sites excluding steroid dienone is 1. The fourth-order valence-corrected chi connectivity index (χ4v) is 5.64. The van der Waals surface area contributed by atoms with E-state index in [1.165, 1.54) is 0 Å². The smallest absolute Gasteiger partial charge is 0.246 e. The first-order valence-electron chi connectivity index (χ1n) is 10.2. The number of anilines is 1. The van der Waals surface area contributed by atoms with Crippen LogP contribution in [0.5, 0.6) is 5.75 Å².